The van der Waals surface area contributed by atoms with Crippen molar-refractivity contribution in [2.45, 2.75) is 6.18 Å². The maximum atomic E-state index is 12.6. The molecule has 0 fully saturated rings. The molecule has 2 amide bonds. The van der Waals surface area contributed by atoms with Crippen LogP contribution in [0.2, 0.25) is 0 Å². The van der Waals surface area contributed by atoms with Gasteiger partial charge in [-0.3, -0.25) is 10.1 Å². The summed E-state index contributed by atoms with van der Waals surface area (Å²) in [4.78, 5) is 22.9. The highest BCUT2D eigenvalue weighted by Gasteiger charge is 2.30. The third kappa shape index (κ3) is 5.69. The van der Waals surface area contributed by atoms with E-state index in [9.17, 15) is 22.8 Å². The van der Waals surface area contributed by atoms with E-state index >= 15 is 0 Å². The lowest BCUT2D eigenvalue weighted by molar-refractivity contribution is -0.137. The Balaban J connectivity index is 1.88. The molecule has 0 saturated heterocycles. The van der Waals surface area contributed by atoms with Crippen LogP contribution in [0.5, 0.6) is 5.75 Å². The predicted octanol–water partition coefficient (Wildman–Crippen LogP) is 3.90. The zero-order valence-electron chi connectivity index (χ0n) is 13.6. The van der Waals surface area contributed by atoms with Gasteiger partial charge in [-0.15, -0.1) is 0 Å². The quantitative estimate of drug-likeness (QED) is 0.839. The number of hydrogen-bond donors (Lipinski definition) is 2. The highest BCUT2D eigenvalue weighted by molar-refractivity contribution is 5.92. The Kier molecular flexibility index (Phi) is 6.05. The molecule has 0 aliphatic heterocycles. The van der Waals surface area contributed by atoms with Gasteiger partial charge in [0, 0.05) is 11.4 Å². The van der Waals surface area contributed by atoms with Crippen LogP contribution in [0, 0.1) is 0 Å². The summed E-state index contributed by atoms with van der Waals surface area (Å²) in [6.07, 6.45) is -5.11. The van der Waals surface area contributed by atoms with E-state index in [2.05, 4.69) is 15.4 Å². The Morgan fingerprint density at radius 1 is 1.00 bits per heavy atom. The molecule has 0 heterocycles. The number of methoxy groups -OCH3 is 1. The molecule has 0 bridgehead atoms. The van der Waals surface area contributed by atoms with Crippen LogP contribution in [0.25, 0.3) is 0 Å². The van der Waals surface area contributed by atoms with Gasteiger partial charge in [-0.1, -0.05) is 6.07 Å². The van der Waals surface area contributed by atoms with Crippen LogP contribution in [0.4, 0.5) is 29.3 Å². The first-order valence-corrected chi connectivity index (χ1v) is 7.33. The second-order valence-electron chi connectivity index (χ2n) is 5.06. The van der Waals surface area contributed by atoms with Gasteiger partial charge in [-0.25, -0.2) is 4.79 Å². The molecule has 0 aliphatic carbocycles. The molecule has 0 atom stereocenters. The Bertz CT molecular complexity index is 776. The van der Waals surface area contributed by atoms with Crippen molar-refractivity contribution in [3.05, 3.63) is 54.1 Å². The van der Waals surface area contributed by atoms with E-state index in [1.54, 1.807) is 12.1 Å². The number of amides is 2. The Morgan fingerprint density at radius 3 is 2.19 bits per heavy atom. The fourth-order valence-electron chi connectivity index (χ4n) is 1.91. The number of carbonyl (C=O) groups excluding carboxylic acids is 2. The van der Waals surface area contributed by atoms with E-state index in [0.717, 1.165) is 12.1 Å². The van der Waals surface area contributed by atoms with E-state index in [-0.39, 0.29) is 5.75 Å². The van der Waals surface area contributed by atoms with Gasteiger partial charge in [0.25, 0.3) is 5.91 Å². The molecule has 0 aliphatic rings. The fourth-order valence-corrected chi connectivity index (χ4v) is 1.91. The third-order valence-electron chi connectivity index (χ3n) is 3.13. The Labute approximate surface area is 146 Å². The van der Waals surface area contributed by atoms with Crippen molar-refractivity contribution in [3.63, 3.8) is 0 Å². The van der Waals surface area contributed by atoms with Crippen LogP contribution in [-0.2, 0) is 15.7 Å². The number of anilines is 2. The minimum atomic E-state index is -4.48. The van der Waals surface area contributed by atoms with Crippen LogP contribution in [0.3, 0.4) is 0 Å². The van der Waals surface area contributed by atoms with Crippen LogP contribution in [0.1, 0.15) is 5.56 Å². The highest BCUT2D eigenvalue weighted by atomic mass is 19.4. The number of halogens is 3. The Hall–Kier alpha value is -3.23. The molecule has 2 rings (SSSR count). The van der Waals surface area contributed by atoms with E-state index < -0.39 is 30.3 Å². The van der Waals surface area contributed by atoms with E-state index in [1.807, 2.05) is 0 Å². The lowest BCUT2D eigenvalue weighted by Crippen LogP contribution is -2.20. The van der Waals surface area contributed by atoms with Gasteiger partial charge in [0.05, 0.1) is 12.7 Å². The molecule has 2 aromatic rings. The predicted molar refractivity (Wildman–Crippen MR) is 88.0 cm³/mol. The van der Waals surface area contributed by atoms with Gasteiger partial charge in [0.1, 0.15) is 5.75 Å². The van der Waals surface area contributed by atoms with Crippen molar-refractivity contribution in [1.29, 1.82) is 0 Å². The summed E-state index contributed by atoms with van der Waals surface area (Å²) in [6.45, 7) is -0.455. The molecular weight excluding hydrogens is 353 g/mol. The molecule has 9 heteroatoms. The number of carbonyl (C=O) groups is 2. The first-order valence-electron chi connectivity index (χ1n) is 7.33. The van der Waals surface area contributed by atoms with E-state index in [4.69, 9.17) is 4.74 Å². The molecule has 138 valence electrons. The first kappa shape index (κ1) is 19.1. The monoisotopic (exact) mass is 368 g/mol. The molecular formula is C17H15F3N2O4. The highest BCUT2D eigenvalue weighted by Crippen LogP contribution is 2.31. The van der Waals surface area contributed by atoms with E-state index in [1.165, 1.54) is 31.4 Å². The van der Waals surface area contributed by atoms with Crippen molar-refractivity contribution < 1.29 is 32.2 Å². The maximum absolute atomic E-state index is 12.6. The fraction of sp³-hybridized carbons (Fsp3) is 0.176. The topological polar surface area (TPSA) is 76.7 Å². The number of benzene rings is 2. The molecule has 26 heavy (non-hydrogen) atoms. The largest absolute Gasteiger partial charge is 0.484 e. The lowest BCUT2D eigenvalue weighted by Gasteiger charge is -2.11. The summed E-state index contributed by atoms with van der Waals surface area (Å²) in [5.41, 5.74) is 0.0391. The van der Waals surface area contributed by atoms with Gasteiger partial charge in [-0.2, -0.15) is 13.2 Å². The Morgan fingerprint density at radius 2 is 1.62 bits per heavy atom. The standard InChI is InChI=1S/C17H15F3N2O4/c1-25-16(24)22-13-7-5-12(6-8-13)21-15(23)10-26-14-4-2-3-11(9-14)17(18,19)20/h2-9H,10H2,1H3,(H,21,23)(H,22,24). The van der Waals surface area contributed by atoms with Crippen LogP contribution in [0.15, 0.2) is 48.5 Å². The normalized spacial score (nSPS) is 10.8. The average Bonchev–Trinajstić information content (AvgIpc) is 2.61. The zero-order chi connectivity index (χ0) is 19.2. The SMILES string of the molecule is COC(=O)Nc1ccc(NC(=O)COc2cccc(C(F)(F)F)c2)cc1. The molecule has 2 N–H and O–H groups in total. The summed E-state index contributed by atoms with van der Waals surface area (Å²) >= 11 is 0. The van der Waals surface area contributed by atoms with Gasteiger partial charge >= 0.3 is 12.3 Å². The van der Waals surface area contributed by atoms with Crippen molar-refractivity contribution in [3.8, 4) is 5.75 Å². The maximum Gasteiger partial charge on any atom is 0.416 e. The minimum absolute atomic E-state index is 0.0624. The average molecular weight is 368 g/mol. The second-order valence-corrected chi connectivity index (χ2v) is 5.06. The molecule has 0 spiro atoms. The number of ether oxygens (including phenoxy) is 2. The van der Waals surface area contributed by atoms with Crippen molar-refractivity contribution in [2.75, 3.05) is 24.4 Å². The van der Waals surface area contributed by atoms with Crippen LogP contribution < -0.4 is 15.4 Å². The van der Waals surface area contributed by atoms with Gasteiger partial charge in [0.2, 0.25) is 0 Å². The molecule has 0 unspecified atom stereocenters. The van der Waals surface area contributed by atoms with Crippen LogP contribution >= 0.6 is 0 Å². The second kappa shape index (κ2) is 8.24. The molecule has 0 saturated carbocycles. The summed E-state index contributed by atoms with van der Waals surface area (Å²) in [6, 6.07) is 10.4. The summed E-state index contributed by atoms with van der Waals surface area (Å²) < 4.78 is 47.4. The van der Waals surface area contributed by atoms with Gasteiger partial charge in [-0.05, 0) is 42.5 Å². The minimum Gasteiger partial charge on any atom is -0.484 e. The number of nitrogens with one attached hydrogen (secondary N) is 2. The first-order chi connectivity index (χ1) is 12.3. The number of alkyl halides is 3. The van der Waals surface area contributed by atoms with Crippen molar-refractivity contribution >= 4 is 23.4 Å². The number of rotatable bonds is 5. The zero-order valence-corrected chi connectivity index (χ0v) is 13.6. The summed E-state index contributed by atoms with van der Waals surface area (Å²) in [5, 5.41) is 4.97. The number of hydrogen-bond acceptors (Lipinski definition) is 4. The van der Waals surface area contributed by atoms with Gasteiger partial charge in [0.15, 0.2) is 6.61 Å². The smallest absolute Gasteiger partial charge is 0.416 e. The third-order valence-corrected chi connectivity index (χ3v) is 3.13. The lowest BCUT2D eigenvalue weighted by atomic mass is 10.2. The summed E-state index contributed by atoms with van der Waals surface area (Å²) in [7, 11) is 1.23. The summed E-state index contributed by atoms with van der Waals surface area (Å²) in [5.74, 6) is -0.608. The van der Waals surface area contributed by atoms with Gasteiger partial charge < -0.3 is 14.8 Å². The van der Waals surface area contributed by atoms with E-state index in [0.29, 0.717) is 11.4 Å². The van der Waals surface area contributed by atoms with Crippen LogP contribution in [-0.4, -0.2) is 25.7 Å². The van der Waals surface area contributed by atoms with Crippen molar-refractivity contribution in [2.24, 2.45) is 0 Å². The van der Waals surface area contributed by atoms with Crippen molar-refractivity contribution in [1.82, 2.24) is 0 Å². The molecule has 6 nitrogen and oxygen atoms in total. The molecule has 0 radical (unpaired) electrons. The molecule has 0 aromatic heterocycles. The molecule has 2 aromatic carbocycles.